The van der Waals surface area contributed by atoms with Gasteiger partial charge in [0.2, 0.25) is 10.9 Å². The van der Waals surface area contributed by atoms with Crippen LogP contribution in [0.4, 0.5) is 14.2 Å². The smallest absolute Gasteiger partial charge is 0.428 e. The molecule has 178 valence electrons. The SMILES string of the molecule is CCOC(=O)N(c1sc(CC(C)C)cc1-c1ccc(Cn2ccnc2CC)c(F)c1)[SH](=O)=O. The van der Waals surface area contributed by atoms with Gasteiger partial charge in [0, 0.05) is 34.8 Å². The molecule has 2 aromatic heterocycles. The van der Waals surface area contributed by atoms with E-state index in [0.29, 0.717) is 39.9 Å². The number of aryl methyl sites for hydroxylation is 1. The van der Waals surface area contributed by atoms with Gasteiger partial charge in [-0.3, -0.25) is 0 Å². The van der Waals surface area contributed by atoms with Crippen molar-refractivity contribution < 1.29 is 22.3 Å². The lowest BCUT2D eigenvalue weighted by Gasteiger charge is -2.16. The van der Waals surface area contributed by atoms with Crippen molar-refractivity contribution in [3.63, 3.8) is 0 Å². The Balaban J connectivity index is 2.04. The highest BCUT2D eigenvalue weighted by atomic mass is 32.2. The van der Waals surface area contributed by atoms with E-state index in [1.165, 1.54) is 17.4 Å². The number of benzene rings is 1. The van der Waals surface area contributed by atoms with Gasteiger partial charge in [0.15, 0.2) is 0 Å². The molecule has 0 radical (unpaired) electrons. The van der Waals surface area contributed by atoms with E-state index in [2.05, 4.69) is 4.98 Å². The van der Waals surface area contributed by atoms with Gasteiger partial charge in [-0.2, -0.15) is 4.31 Å². The fourth-order valence-corrected chi connectivity index (χ4v) is 5.59. The first kappa shape index (κ1) is 24.9. The third-order valence-electron chi connectivity index (χ3n) is 4.99. The van der Waals surface area contributed by atoms with Gasteiger partial charge in [0.1, 0.15) is 16.6 Å². The molecule has 0 spiro atoms. The molecule has 0 atom stereocenters. The predicted molar refractivity (Wildman–Crippen MR) is 129 cm³/mol. The Morgan fingerprint density at radius 1 is 1.27 bits per heavy atom. The van der Waals surface area contributed by atoms with Gasteiger partial charge < -0.3 is 9.30 Å². The van der Waals surface area contributed by atoms with Gasteiger partial charge in [0.05, 0.1) is 13.2 Å². The molecule has 3 rings (SSSR count). The number of anilines is 1. The number of amides is 1. The topological polar surface area (TPSA) is 81.5 Å². The Hall–Kier alpha value is -2.72. The molecule has 1 aromatic carbocycles. The van der Waals surface area contributed by atoms with Crippen LogP contribution in [0.15, 0.2) is 36.7 Å². The van der Waals surface area contributed by atoms with E-state index in [-0.39, 0.29) is 11.6 Å². The lowest BCUT2D eigenvalue weighted by molar-refractivity contribution is 0.164. The van der Waals surface area contributed by atoms with Crippen LogP contribution >= 0.6 is 11.3 Å². The van der Waals surface area contributed by atoms with Crippen molar-refractivity contribution in [1.82, 2.24) is 9.55 Å². The van der Waals surface area contributed by atoms with Crippen LogP contribution in [0.5, 0.6) is 0 Å². The van der Waals surface area contributed by atoms with E-state index in [1.807, 2.05) is 37.6 Å². The molecule has 0 aliphatic rings. The van der Waals surface area contributed by atoms with E-state index in [4.69, 9.17) is 4.74 Å². The van der Waals surface area contributed by atoms with Crippen LogP contribution in [0.3, 0.4) is 0 Å². The minimum Gasteiger partial charge on any atom is -0.449 e. The quantitative estimate of drug-likeness (QED) is 0.422. The van der Waals surface area contributed by atoms with Gasteiger partial charge >= 0.3 is 6.09 Å². The van der Waals surface area contributed by atoms with Crippen LogP contribution in [-0.4, -0.2) is 30.7 Å². The fourth-order valence-electron chi connectivity index (χ4n) is 3.53. The van der Waals surface area contributed by atoms with Crippen molar-refractivity contribution in [2.45, 2.75) is 47.1 Å². The summed E-state index contributed by atoms with van der Waals surface area (Å²) in [7, 11) is -3.29. The minimum absolute atomic E-state index is 0.0371. The second-order valence-corrected chi connectivity index (χ2v) is 9.90. The number of rotatable bonds is 9. The minimum atomic E-state index is -3.29. The number of hydrogen-bond donors (Lipinski definition) is 1. The number of thiophene rings is 1. The zero-order valence-corrected chi connectivity index (χ0v) is 20.8. The molecule has 0 aliphatic heterocycles. The normalized spacial score (nSPS) is 11.4. The molecule has 33 heavy (non-hydrogen) atoms. The molecule has 0 saturated heterocycles. The number of imidazole rings is 1. The summed E-state index contributed by atoms with van der Waals surface area (Å²) in [5.74, 6) is 0.768. The Morgan fingerprint density at radius 3 is 2.64 bits per heavy atom. The molecule has 0 N–H and O–H groups in total. The second-order valence-electron chi connectivity index (χ2n) is 7.91. The first-order valence-corrected chi connectivity index (χ1v) is 12.7. The number of hydrogen-bond acceptors (Lipinski definition) is 6. The van der Waals surface area contributed by atoms with Gasteiger partial charge in [-0.25, -0.2) is 22.6 Å². The van der Waals surface area contributed by atoms with Crippen molar-refractivity contribution in [3.05, 3.63) is 58.7 Å². The molecule has 10 heteroatoms. The third kappa shape index (κ3) is 5.80. The summed E-state index contributed by atoms with van der Waals surface area (Å²) in [6, 6.07) is 6.63. The first-order chi connectivity index (χ1) is 15.7. The summed E-state index contributed by atoms with van der Waals surface area (Å²) < 4.78 is 46.5. The van der Waals surface area contributed by atoms with E-state index in [0.717, 1.165) is 17.1 Å². The molecule has 0 bridgehead atoms. The van der Waals surface area contributed by atoms with Gasteiger partial charge in [-0.15, -0.1) is 11.3 Å². The van der Waals surface area contributed by atoms with Crippen LogP contribution in [-0.2, 0) is 35.0 Å². The molecule has 0 unspecified atom stereocenters. The lowest BCUT2D eigenvalue weighted by Crippen LogP contribution is -2.29. The highest BCUT2D eigenvalue weighted by Crippen LogP contribution is 2.41. The maximum Gasteiger partial charge on any atom is 0.428 e. The number of carbonyl (C=O) groups excluding carboxylic acids is 1. The van der Waals surface area contributed by atoms with Crippen molar-refractivity contribution in [2.75, 3.05) is 10.9 Å². The average molecular weight is 494 g/mol. The number of carbonyl (C=O) groups is 1. The Labute approximate surface area is 198 Å². The van der Waals surface area contributed by atoms with Crippen molar-refractivity contribution in [1.29, 1.82) is 0 Å². The zero-order chi connectivity index (χ0) is 24.1. The Bertz CT molecular complexity index is 1190. The Kier molecular flexibility index (Phi) is 8.25. The first-order valence-electron chi connectivity index (χ1n) is 10.8. The molecule has 0 fully saturated rings. The number of halogens is 1. The summed E-state index contributed by atoms with van der Waals surface area (Å²) >= 11 is 1.20. The van der Waals surface area contributed by atoms with Crippen molar-refractivity contribution in [3.8, 4) is 11.1 Å². The number of thiol groups is 1. The van der Waals surface area contributed by atoms with Crippen LogP contribution in [0.1, 0.15) is 44.0 Å². The van der Waals surface area contributed by atoms with Crippen molar-refractivity contribution >= 4 is 33.3 Å². The molecular formula is C23H28FN3O4S2. The summed E-state index contributed by atoms with van der Waals surface area (Å²) in [5, 5.41) is 0.204. The molecule has 1 amide bonds. The van der Waals surface area contributed by atoms with E-state index < -0.39 is 22.8 Å². The van der Waals surface area contributed by atoms with E-state index in [9.17, 15) is 13.2 Å². The van der Waals surface area contributed by atoms with Gasteiger partial charge in [-0.1, -0.05) is 32.9 Å². The standard InChI is InChI=1S/C23H28FN3O4S2/c1-5-21-25-9-10-26(21)14-17-8-7-16(12-20(17)24)19-13-18(11-15(3)4)32-22(19)27(33(29)30)23(28)31-6-2/h7-10,12-13,15,33H,5-6,11,14H2,1-4H3. The summed E-state index contributed by atoms with van der Waals surface area (Å²) in [4.78, 5) is 17.6. The second kappa shape index (κ2) is 10.9. The maximum atomic E-state index is 15.1. The predicted octanol–water partition coefficient (Wildman–Crippen LogP) is 5.05. The molecular weight excluding hydrogens is 465 g/mol. The number of nitrogens with zero attached hydrogens (tertiary/aromatic N) is 3. The average Bonchev–Trinajstić information content (AvgIpc) is 3.36. The molecule has 3 aromatic rings. The van der Waals surface area contributed by atoms with E-state index in [1.54, 1.807) is 25.3 Å². The van der Waals surface area contributed by atoms with E-state index >= 15 is 4.39 Å². The van der Waals surface area contributed by atoms with Crippen LogP contribution in [0.2, 0.25) is 0 Å². The lowest BCUT2D eigenvalue weighted by atomic mass is 10.0. The largest absolute Gasteiger partial charge is 0.449 e. The van der Waals surface area contributed by atoms with Crippen molar-refractivity contribution in [2.24, 2.45) is 5.92 Å². The highest BCUT2D eigenvalue weighted by Gasteiger charge is 2.26. The number of aromatic nitrogens is 2. The molecule has 0 saturated carbocycles. The fraction of sp³-hybridized carbons (Fsp3) is 0.391. The molecule has 7 nitrogen and oxygen atoms in total. The van der Waals surface area contributed by atoms with Gasteiger partial charge in [0.25, 0.3) is 0 Å². The summed E-state index contributed by atoms with van der Waals surface area (Å²) in [5.41, 5.74) is 1.46. The molecule has 2 heterocycles. The number of ether oxygens (including phenoxy) is 1. The summed E-state index contributed by atoms with van der Waals surface area (Å²) in [6.45, 7) is 8.06. The Morgan fingerprint density at radius 2 is 2.03 bits per heavy atom. The maximum absolute atomic E-state index is 15.1. The van der Waals surface area contributed by atoms with Crippen LogP contribution < -0.4 is 4.31 Å². The monoisotopic (exact) mass is 493 g/mol. The third-order valence-corrected chi connectivity index (χ3v) is 6.96. The molecule has 0 aliphatic carbocycles. The summed E-state index contributed by atoms with van der Waals surface area (Å²) in [6.07, 6.45) is 3.96. The van der Waals surface area contributed by atoms with Crippen LogP contribution in [0.25, 0.3) is 11.1 Å². The zero-order valence-electron chi connectivity index (χ0n) is 19.1. The highest BCUT2D eigenvalue weighted by molar-refractivity contribution is 7.75. The van der Waals surface area contributed by atoms with Crippen LogP contribution in [0, 0.1) is 11.7 Å². The van der Waals surface area contributed by atoms with Gasteiger partial charge in [-0.05, 0) is 37.0 Å².